The summed E-state index contributed by atoms with van der Waals surface area (Å²) in [4.78, 5) is 12.2. The highest BCUT2D eigenvalue weighted by Gasteiger charge is 2.25. The van der Waals surface area contributed by atoms with Gasteiger partial charge in [-0.15, -0.1) is 0 Å². The number of benzene rings is 1. The Hall–Kier alpha value is -1.50. The molecule has 1 amide bonds. The van der Waals surface area contributed by atoms with Crippen LogP contribution >= 0.6 is 11.6 Å². The predicted octanol–water partition coefficient (Wildman–Crippen LogP) is 3.02. The van der Waals surface area contributed by atoms with E-state index in [0.29, 0.717) is 10.7 Å². The van der Waals surface area contributed by atoms with Crippen LogP contribution in [0.4, 0.5) is 5.69 Å². The number of anilines is 1. The first-order valence-corrected chi connectivity index (χ1v) is 6.58. The van der Waals surface area contributed by atoms with Gasteiger partial charge in [-0.05, 0) is 24.6 Å². The third-order valence-corrected chi connectivity index (χ3v) is 3.29. The molecule has 3 N–H and O–H groups in total. The molecular weight excluding hydrogens is 260 g/mol. The van der Waals surface area contributed by atoms with Gasteiger partial charge in [-0.25, -0.2) is 0 Å². The molecule has 0 bridgehead atoms. The zero-order valence-electron chi connectivity index (χ0n) is 11.5. The Morgan fingerprint density at radius 2 is 2.16 bits per heavy atom. The van der Waals surface area contributed by atoms with Crippen molar-refractivity contribution in [1.29, 1.82) is 0 Å². The first kappa shape index (κ1) is 15.6. The lowest BCUT2D eigenvalue weighted by molar-refractivity contribution is -0.124. The standard InChI is InChI=1S/C15H19ClN2O/c1-4-15(2,3)14(19)18-13-10-12(16)8-7-11(13)6-5-9-17/h7-8,10H,4,9,17H2,1-3H3,(H,18,19). The topological polar surface area (TPSA) is 55.1 Å². The first-order valence-electron chi connectivity index (χ1n) is 6.20. The molecule has 0 aliphatic carbocycles. The lowest BCUT2D eigenvalue weighted by atomic mass is 9.89. The van der Waals surface area contributed by atoms with Crippen molar-refractivity contribution in [2.45, 2.75) is 27.2 Å². The maximum Gasteiger partial charge on any atom is 0.230 e. The van der Waals surface area contributed by atoms with Gasteiger partial charge < -0.3 is 11.1 Å². The van der Waals surface area contributed by atoms with E-state index in [1.54, 1.807) is 18.2 Å². The van der Waals surface area contributed by atoms with Crippen molar-refractivity contribution >= 4 is 23.2 Å². The molecule has 4 heteroatoms. The van der Waals surface area contributed by atoms with Crippen LogP contribution in [0, 0.1) is 17.3 Å². The van der Waals surface area contributed by atoms with E-state index in [-0.39, 0.29) is 12.5 Å². The van der Waals surface area contributed by atoms with E-state index in [4.69, 9.17) is 17.3 Å². The van der Waals surface area contributed by atoms with Crippen LogP contribution in [0.15, 0.2) is 18.2 Å². The van der Waals surface area contributed by atoms with Crippen molar-refractivity contribution in [3.05, 3.63) is 28.8 Å². The number of nitrogens with one attached hydrogen (secondary N) is 1. The monoisotopic (exact) mass is 278 g/mol. The SMILES string of the molecule is CCC(C)(C)C(=O)Nc1cc(Cl)ccc1C#CCN. The number of rotatable bonds is 3. The van der Waals surface area contributed by atoms with Crippen LogP contribution < -0.4 is 11.1 Å². The van der Waals surface area contributed by atoms with Crippen LogP contribution in [0.1, 0.15) is 32.8 Å². The minimum Gasteiger partial charge on any atom is -0.324 e. The second kappa shape index (κ2) is 6.60. The molecule has 0 saturated carbocycles. The van der Waals surface area contributed by atoms with E-state index in [9.17, 15) is 4.79 Å². The van der Waals surface area contributed by atoms with Crippen LogP contribution in [0.25, 0.3) is 0 Å². The van der Waals surface area contributed by atoms with Crippen LogP contribution in [0.5, 0.6) is 0 Å². The summed E-state index contributed by atoms with van der Waals surface area (Å²) in [5.41, 5.74) is 6.27. The molecule has 0 radical (unpaired) electrons. The number of nitrogens with two attached hydrogens (primary N) is 1. The minimum atomic E-state index is -0.430. The Morgan fingerprint density at radius 1 is 1.47 bits per heavy atom. The second-order valence-corrected chi connectivity index (χ2v) is 5.32. The molecule has 3 nitrogen and oxygen atoms in total. The summed E-state index contributed by atoms with van der Waals surface area (Å²) >= 11 is 5.96. The van der Waals surface area contributed by atoms with E-state index in [1.807, 2.05) is 20.8 Å². The quantitative estimate of drug-likeness (QED) is 0.835. The van der Waals surface area contributed by atoms with Crippen LogP contribution in [-0.4, -0.2) is 12.5 Å². The highest BCUT2D eigenvalue weighted by Crippen LogP contribution is 2.25. The molecule has 0 heterocycles. The van der Waals surface area contributed by atoms with Crippen LogP contribution in [0.3, 0.4) is 0 Å². The van der Waals surface area contributed by atoms with Gasteiger partial charge in [0.15, 0.2) is 0 Å². The van der Waals surface area contributed by atoms with E-state index in [2.05, 4.69) is 17.2 Å². The Balaban J connectivity index is 3.06. The Morgan fingerprint density at radius 3 is 2.74 bits per heavy atom. The molecule has 0 aromatic heterocycles. The van der Waals surface area contributed by atoms with Crippen molar-refractivity contribution in [3.8, 4) is 11.8 Å². The first-order chi connectivity index (χ1) is 8.90. The predicted molar refractivity (Wildman–Crippen MR) is 80.1 cm³/mol. The maximum absolute atomic E-state index is 12.2. The fraction of sp³-hybridized carbons (Fsp3) is 0.400. The highest BCUT2D eigenvalue weighted by molar-refractivity contribution is 6.31. The maximum atomic E-state index is 12.2. The molecule has 1 aromatic carbocycles. The largest absolute Gasteiger partial charge is 0.324 e. The number of hydrogen-bond donors (Lipinski definition) is 2. The van der Waals surface area contributed by atoms with Gasteiger partial charge in [0.2, 0.25) is 5.91 Å². The van der Waals surface area contributed by atoms with E-state index in [1.165, 1.54) is 0 Å². The van der Waals surface area contributed by atoms with Gasteiger partial charge in [0, 0.05) is 16.0 Å². The third-order valence-electron chi connectivity index (χ3n) is 3.05. The molecular formula is C15H19ClN2O. The molecule has 19 heavy (non-hydrogen) atoms. The molecule has 1 rings (SSSR count). The number of carbonyl (C=O) groups excluding carboxylic acids is 1. The van der Waals surface area contributed by atoms with Crippen molar-refractivity contribution < 1.29 is 4.79 Å². The van der Waals surface area contributed by atoms with Gasteiger partial charge in [-0.1, -0.05) is 44.2 Å². The summed E-state index contributed by atoms with van der Waals surface area (Å²) in [6.45, 7) is 6.05. The number of halogens is 1. The summed E-state index contributed by atoms with van der Waals surface area (Å²) in [6.07, 6.45) is 0.753. The molecule has 0 aliphatic heterocycles. The van der Waals surface area contributed by atoms with Crippen molar-refractivity contribution in [1.82, 2.24) is 0 Å². The number of carbonyl (C=O) groups is 1. The molecule has 0 fully saturated rings. The molecule has 0 atom stereocenters. The summed E-state index contributed by atoms with van der Waals surface area (Å²) in [6, 6.07) is 5.22. The summed E-state index contributed by atoms with van der Waals surface area (Å²) in [5, 5.41) is 3.44. The van der Waals surface area contributed by atoms with Crippen molar-refractivity contribution in [2.24, 2.45) is 11.1 Å². The summed E-state index contributed by atoms with van der Waals surface area (Å²) in [7, 11) is 0. The summed E-state index contributed by atoms with van der Waals surface area (Å²) in [5.74, 6) is 5.65. The van der Waals surface area contributed by atoms with E-state index < -0.39 is 5.41 Å². The van der Waals surface area contributed by atoms with Crippen LogP contribution in [0.2, 0.25) is 5.02 Å². The average Bonchev–Trinajstić information content (AvgIpc) is 2.37. The highest BCUT2D eigenvalue weighted by atomic mass is 35.5. The fourth-order valence-electron chi connectivity index (χ4n) is 1.33. The Kier molecular flexibility index (Phi) is 5.41. The lowest BCUT2D eigenvalue weighted by Crippen LogP contribution is -2.30. The van der Waals surface area contributed by atoms with Crippen molar-refractivity contribution in [2.75, 3.05) is 11.9 Å². The second-order valence-electron chi connectivity index (χ2n) is 4.89. The molecule has 0 spiro atoms. The zero-order chi connectivity index (χ0) is 14.5. The van der Waals surface area contributed by atoms with Gasteiger partial charge in [0.25, 0.3) is 0 Å². The lowest BCUT2D eigenvalue weighted by Gasteiger charge is -2.22. The van der Waals surface area contributed by atoms with E-state index in [0.717, 1.165) is 12.0 Å². The molecule has 1 aromatic rings. The van der Waals surface area contributed by atoms with E-state index >= 15 is 0 Å². The smallest absolute Gasteiger partial charge is 0.230 e. The minimum absolute atomic E-state index is 0.0481. The molecule has 0 unspecified atom stereocenters. The Labute approximate surface area is 119 Å². The van der Waals surface area contributed by atoms with Gasteiger partial charge >= 0.3 is 0 Å². The average molecular weight is 279 g/mol. The number of amides is 1. The Bertz CT molecular complexity index is 527. The van der Waals surface area contributed by atoms with Crippen LogP contribution in [-0.2, 0) is 4.79 Å². The summed E-state index contributed by atoms with van der Waals surface area (Å²) < 4.78 is 0. The molecule has 0 saturated heterocycles. The number of hydrogen-bond acceptors (Lipinski definition) is 2. The fourth-order valence-corrected chi connectivity index (χ4v) is 1.50. The van der Waals surface area contributed by atoms with Gasteiger partial charge in [0.05, 0.1) is 12.2 Å². The normalized spacial score (nSPS) is 10.6. The third kappa shape index (κ3) is 4.27. The van der Waals surface area contributed by atoms with Gasteiger partial charge in [-0.2, -0.15) is 0 Å². The van der Waals surface area contributed by atoms with Crippen molar-refractivity contribution in [3.63, 3.8) is 0 Å². The van der Waals surface area contributed by atoms with Gasteiger partial charge in [-0.3, -0.25) is 4.79 Å². The molecule has 0 aliphatic rings. The molecule has 102 valence electrons. The van der Waals surface area contributed by atoms with Gasteiger partial charge in [0.1, 0.15) is 0 Å². The zero-order valence-corrected chi connectivity index (χ0v) is 12.3.